The largest absolute Gasteiger partial charge is 0.386 e. The fourth-order valence-corrected chi connectivity index (χ4v) is 2.84. The third-order valence-electron chi connectivity index (χ3n) is 3.18. The number of aryl methyl sites for hydroxylation is 2. The minimum absolute atomic E-state index is 0.257. The first-order chi connectivity index (χ1) is 9.90. The van der Waals surface area contributed by atoms with Gasteiger partial charge in [0.2, 0.25) is 0 Å². The highest BCUT2D eigenvalue weighted by molar-refractivity contribution is 7.14. The van der Waals surface area contributed by atoms with Gasteiger partial charge in [0, 0.05) is 11.4 Å². The standard InChI is InChI=1S/C15H15F2NO2S/c1-8-6-13(21-9(8)2)15(20)18-7-12(19)14-10(16)4-3-5-11(14)17/h3-6,12,19H,7H2,1-2H3,(H,18,20). The molecule has 21 heavy (non-hydrogen) atoms. The number of thiophene rings is 1. The molecule has 3 nitrogen and oxygen atoms in total. The Hall–Kier alpha value is -1.79. The maximum Gasteiger partial charge on any atom is 0.261 e. The van der Waals surface area contributed by atoms with Crippen LogP contribution in [-0.2, 0) is 0 Å². The van der Waals surface area contributed by atoms with Crippen molar-refractivity contribution in [2.24, 2.45) is 0 Å². The summed E-state index contributed by atoms with van der Waals surface area (Å²) in [6, 6.07) is 5.09. The maximum atomic E-state index is 13.5. The summed E-state index contributed by atoms with van der Waals surface area (Å²) < 4.78 is 27.0. The highest BCUT2D eigenvalue weighted by Gasteiger charge is 2.19. The molecule has 112 valence electrons. The normalized spacial score (nSPS) is 12.2. The molecule has 0 bridgehead atoms. The Morgan fingerprint density at radius 1 is 1.33 bits per heavy atom. The molecule has 1 aromatic heterocycles. The molecule has 1 heterocycles. The predicted molar refractivity (Wildman–Crippen MR) is 77.4 cm³/mol. The Balaban J connectivity index is 2.04. The quantitative estimate of drug-likeness (QED) is 0.911. The molecule has 0 aliphatic heterocycles. The Labute approximate surface area is 125 Å². The van der Waals surface area contributed by atoms with Crippen molar-refractivity contribution in [1.82, 2.24) is 5.32 Å². The van der Waals surface area contributed by atoms with Crippen molar-refractivity contribution in [3.8, 4) is 0 Å². The number of benzene rings is 1. The van der Waals surface area contributed by atoms with E-state index in [-0.39, 0.29) is 12.5 Å². The topological polar surface area (TPSA) is 49.3 Å². The van der Waals surface area contributed by atoms with Gasteiger partial charge in [0.15, 0.2) is 0 Å². The molecule has 2 rings (SSSR count). The van der Waals surface area contributed by atoms with Gasteiger partial charge in [-0.05, 0) is 37.6 Å². The summed E-state index contributed by atoms with van der Waals surface area (Å²) in [4.78, 5) is 13.5. The van der Waals surface area contributed by atoms with Gasteiger partial charge in [-0.2, -0.15) is 0 Å². The molecule has 1 unspecified atom stereocenters. The van der Waals surface area contributed by atoms with E-state index in [2.05, 4.69) is 5.32 Å². The number of halogens is 2. The number of carbonyl (C=O) groups excluding carboxylic acids is 1. The summed E-state index contributed by atoms with van der Waals surface area (Å²) in [5.74, 6) is -2.04. The van der Waals surface area contributed by atoms with E-state index in [0.29, 0.717) is 4.88 Å². The molecule has 2 aromatic rings. The molecule has 1 aromatic carbocycles. The van der Waals surface area contributed by atoms with Gasteiger partial charge in [-0.15, -0.1) is 11.3 Å². The van der Waals surface area contributed by atoms with E-state index in [9.17, 15) is 18.7 Å². The number of hydrogen-bond acceptors (Lipinski definition) is 3. The summed E-state index contributed by atoms with van der Waals surface area (Å²) >= 11 is 1.33. The van der Waals surface area contributed by atoms with Gasteiger partial charge in [0.1, 0.15) is 17.7 Å². The lowest BCUT2D eigenvalue weighted by molar-refractivity contribution is 0.0915. The molecule has 0 saturated carbocycles. The second-order valence-electron chi connectivity index (χ2n) is 4.71. The summed E-state index contributed by atoms with van der Waals surface area (Å²) in [6.07, 6.45) is -1.43. The van der Waals surface area contributed by atoms with E-state index in [1.54, 1.807) is 6.07 Å². The van der Waals surface area contributed by atoms with E-state index in [1.165, 1.54) is 17.4 Å². The highest BCUT2D eigenvalue weighted by Crippen LogP contribution is 2.22. The molecule has 0 aliphatic carbocycles. The van der Waals surface area contributed by atoms with Crippen LogP contribution in [0.4, 0.5) is 8.78 Å². The molecule has 1 amide bonds. The van der Waals surface area contributed by atoms with Crippen LogP contribution >= 0.6 is 11.3 Å². The zero-order valence-corrected chi connectivity index (χ0v) is 12.4. The zero-order valence-electron chi connectivity index (χ0n) is 11.6. The fraction of sp³-hybridized carbons (Fsp3) is 0.267. The van der Waals surface area contributed by atoms with Crippen molar-refractivity contribution < 1.29 is 18.7 Å². The van der Waals surface area contributed by atoms with Crippen molar-refractivity contribution in [2.45, 2.75) is 20.0 Å². The SMILES string of the molecule is Cc1cc(C(=O)NCC(O)c2c(F)cccc2F)sc1C. The van der Waals surface area contributed by atoms with Crippen molar-refractivity contribution >= 4 is 17.2 Å². The van der Waals surface area contributed by atoms with Crippen LogP contribution in [0.1, 0.15) is 31.8 Å². The van der Waals surface area contributed by atoms with Crippen molar-refractivity contribution in [1.29, 1.82) is 0 Å². The minimum Gasteiger partial charge on any atom is -0.386 e. The van der Waals surface area contributed by atoms with Gasteiger partial charge in [-0.25, -0.2) is 8.78 Å². The van der Waals surface area contributed by atoms with E-state index in [1.807, 2.05) is 13.8 Å². The summed E-state index contributed by atoms with van der Waals surface area (Å²) in [7, 11) is 0. The first-order valence-corrected chi connectivity index (χ1v) is 7.19. The maximum absolute atomic E-state index is 13.5. The lowest BCUT2D eigenvalue weighted by Gasteiger charge is -2.13. The summed E-state index contributed by atoms with van der Waals surface area (Å²) in [6.45, 7) is 3.54. The minimum atomic E-state index is -1.43. The lowest BCUT2D eigenvalue weighted by Crippen LogP contribution is -2.28. The Morgan fingerprint density at radius 3 is 2.48 bits per heavy atom. The van der Waals surface area contributed by atoms with Crippen LogP contribution in [0.2, 0.25) is 0 Å². The van der Waals surface area contributed by atoms with Gasteiger partial charge in [0.25, 0.3) is 5.91 Å². The Morgan fingerprint density at radius 2 is 1.95 bits per heavy atom. The number of aliphatic hydroxyl groups excluding tert-OH is 1. The molecule has 0 spiro atoms. The molecule has 0 saturated heterocycles. The molecule has 0 aliphatic rings. The fourth-order valence-electron chi connectivity index (χ4n) is 1.89. The van der Waals surface area contributed by atoms with Crippen molar-refractivity contribution in [3.05, 3.63) is 56.8 Å². The van der Waals surface area contributed by atoms with Crippen LogP contribution in [0.3, 0.4) is 0 Å². The first kappa shape index (κ1) is 15.6. The van der Waals surface area contributed by atoms with Crippen molar-refractivity contribution in [2.75, 3.05) is 6.54 Å². The number of amides is 1. The zero-order chi connectivity index (χ0) is 15.6. The molecule has 6 heteroatoms. The van der Waals surface area contributed by atoms with E-state index < -0.39 is 23.3 Å². The first-order valence-electron chi connectivity index (χ1n) is 6.37. The average molecular weight is 311 g/mol. The van der Waals surface area contributed by atoms with Crippen LogP contribution in [0.5, 0.6) is 0 Å². The number of rotatable bonds is 4. The third-order valence-corrected chi connectivity index (χ3v) is 4.33. The smallest absolute Gasteiger partial charge is 0.261 e. The van der Waals surface area contributed by atoms with Gasteiger partial charge in [-0.1, -0.05) is 6.07 Å². The number of aliphatic hydroxyl groups is 1. The highest BCUT2D eigenvalue weighted by atomic mass is 32.1. The van der Waals surface area contributed by atoms with Crippen LogP contribution < -0.4 is 5.32 Å². The van der Waals surface area contributed by atoms with Crippen LogP contribution in [0.25, 0.3) is 0 Å². The molecule has 0 radical (unpaired) electrons. The predicted octanol–water partition coefficient (Wildman–Crippen LogP) is 3.11. The number of nitrogens with one attached hydrogen (secondary N) is 1. The monoisotopic (exact) mass is 311 g/mol. The van der Waals surface area contributed by atoms with E-state index in [0.717, 1.165) is 22.6 Å². The second kappa shape index (κ2) is 6.32. The summed E-state index contributed by atoms with van der Waals surface area (Å²) in [5, 5.41) is 12.3. The molecule has 2 N–H and O–H groups in total. The molecule has 1 atom stereocenters. The molecule has 0 fully saturated rings. The van der Waals surface area contributed by atoms with Crippen molar-refractivity contribution in [3.63, 3.8) is 0 Å². The molecular formula is C15H15F2NO2S. The van der Waals surface area contributed by atoms with Crippen LogP contribution in [0.15, 0.2) is 24.3 Å². The Bertz CT molecular complexity index is 630. The van der Waals surface area contributed by atoms with E-state index >= 15 is 0 Å². The summed E-state index contributed by atoms with van der Waals surface area (Å²) in [5.41, 5.74) is 0.571. The van der Waals surface area contributed by atoms with Gasteiger partial charge >= 0.3 is 0 Å². The van der Waals surface area contributed by atoms with Crippen LogP contribution in [-0.4, -0.2) is 17.6 Å². The lowest BCUT2D eigenvalue weighted by atomic mass is 10.1. The van der Waals surface area contributed by atoms with Crippen LogP contribution in [0, 0.1) is 25.5 Å². The molecular weight excluding hydrogens is 296 g/mol. The number of hydrogen-bond donors (Lipinski definition) is 2. The Kier molecular flexibility index (Phi) is 4.69. The van der Waals surface area contributed by atoms with E-state index in [4.69, 9.17) is 0 Å². The average Bonchev–Trinajstić information content (AvgIpc) is 2.76. The number of carbonyl (C=O) groups is 1. The second-order valence-corrected chi connectivity index (χ2v) is 5.97. The van der Waals surface area contributed by atoms with Gasteiger partial charge in [-0.3, -0.25) is 4.79 Å². The van der Waals surface area contributed by atoms with Gasteiger partial charge < -0.3 is 10.4 Å². The van der Waals surface area contributed by atoms with Gasteiger partial charge in [0.05, 0.1) is 10.4 Å². The third kappa shape index (κ3) is 3.46.